The van der Waals surface area contributed by atoms with Gasteiger partial charge in [0.1, 0.15) is 11.4 Å². The topological polar surface area (TPSA) is 80.4 Å². The summed E-state index contributed by atoms with van der Waals surface area (Å²) in [4.78, 5) is 27.8. The van der Waals surface area contributed by atoms with Crippen LogP contribution in [-0.4, -0.2) is 30.6 Å². The Balaban J connectivity index is 2.25. The van der Waals surface area contributed by atoms with Crippen LogP contribution in [0.1, 0.15) is 57.9 Å². The zero-order chi connectivity index (χ0) is 19.3. The molecular formula is C20H26N2O4. The first-order valence-corrected chi connectivity index (χ1v) is 8.77. The van der Waals surface area contributed by atoms with Crippen LogP contribution in [0.15, 0.2) is 18.2 Å². The van der Waals surface area contributed by atoms with Crippen molar-refractivity contribution >= 4 is 17.6 Å². The highest BCUT2D eigenvalue weighted by Gasteiger charge is 2.23. The third-order valence-corrected chi connectivity index (χ3v) is 4.22. The second-order valence-corrected chi connectivity index (χ2v) is 6.10. The van der Waals surface area contributed by atoms with Gasteiger partial charge in [-0.2, -0.15) is 0 Å². The molecule has 0 saturated carbocycles. The zero-order valence-electron chi connectivity index (χ0n) is 16.0. The van der Waals surface area contributed by atoms with E-state index < -0.39 is 5.97 Å². The predicted octanol–water partition coefficient (Wildman–Crippen LogP) is 4.02. The number of anilines is 1. The van der Waals surface area contributed by atoms with Crippen LogP contribution in [0.5, 0.6) is 5.75 Å². The SMILES string of the molecule is CCCOc1ccc(NC(=O)c2[nH]c(CC)c(C(=O)OC)c2C)c(C)c1. The lowest BCUT2D eigenvalue weighted by Crippen LogP contribution is -2.15. The molecule has 0 aliphatic carbocycles. The van der Waals surface area contributed by atoms with Gasteiger partial charge in [-0.3, -0.25) is 4.79 Å². The van der Waals surface area contributed by atoms with E-state index in [0.29, 0.717) is 41.2 Å². The number of benzene rings is 1. The van der Waals surface area contributed by atoms with E-state index >= 15 is 0 Å². The lowest BCUT2D eigenvalue weighted by Gasteiger charge is -2.11. The molecule has 1 amide bonds. The summed E-state index contributed by atoms with van der Waals surface area (Å²) in [6, 6.07) is 5.54. The van der Waals surface area contributed by atoms with Crippen molar-refractivity contribution in [2.75, 3.05) is 19.0 Å². The maximum Gasteiger partial charge on any atom is 0.339 e. The summed E-state index contributed by atoms with van der Waals surface area (Å²) in [5.41, 5.74) is 3.69. The van der Waals surface area contributed by atoms with E-state index in [1.54, 1.807) is 6.92 Å². The van der Waals surface area contributed by atoms with Crippen molar-refractivity contribution < 1.29 is 19.1 Å². The van der Waals surface area contributed by atoms with Crippen molar-refractivity contribution in [3.63, 3.8) is 0 Å². The molecule has 140 valence electrons. The molecule has 1 heterocycles. The summed E-state index contributed by atoms with van der Waals surface area (Å²) in [6.07, 6.45) is 1.53. The molecular weight excluding hydrogens is 332 g/mol. The maximum atomic E-state index is 12.7. The number of aromatic nitrogens is 1. The molecule has 6 heteroatoms. The van der Waals surface area contributed by atoms with Gasteiger partial charge in [-0.25, -0.2) is 4.79 Å². The Labute approximate surface area is 153 Å². The Bertz CT molecular complexity index is 808. The zero-order valence-corrected chi connectivity index (χ0v) is 16.0. The molecule has 0 radical (unpaired) electrons. The molecule has 2 N–H and O–H groups in total. The van der Waals surface area contributed by atoms with Gasteiger partial charge >= 0.3 is 5.97 Å². The largest absolute Gasteiger partial charge is 0.494 e. The fourth-order valence-electron chi connectivity index (χ4n) is 2.80. The van der Waals surface area contributed by atoms with Crippen LogP contribution in [0.4, 0.5) is 5.69 Å². The highest BCUT2D eigenvalue weighted by Crippen LogP contribution is 2.24. The molecule has 0 saturated heterocycles. The Morgan fingerprint density at radius 3 is 2.50 bits per heavy atom. The number of carbonyl (C=O) groups is 2. The number of amides is 1. The summed E-state index contributed by atoms with van der Waals surface area (Å²) in [5.74, 6) is 0.0422. The van der Waals surface area contributed by atoms with Crippen molar-refractivity contribution in [3.8, 4) is 5.75 Å². The van der Waals surface area contributed by atoms with Crippen molar-refractivity contribution in [1.29, 1.82) is 0 Å². The van der Waals surface area contributed by atoms with E-state index in [-0.39, 0.29) is 5.91 Å². The first-order valence-electron chi connectivity index (χ1n) is 8.77. The first-order chi connectivity index (χ1) is 12.4. The Morgan fingerprint density at radius 2 is 1.92 bits per heavy atom. The molecule has 0 aliphatic heterocycles. The number of nitrogens with one attached hydrogen (secondary N) is 2. The van der Waals surface area contributed by atoms with Gasteiger partial charge in [0.2, 0.25) is 0 Å². The van der Waals surface area contributed by atoms with E-state index in [9.17, 15) is 9.59 Å². The summed E-state index contributed by atoms with van der Waals surface area (Å²) >= 11 is 0. The Hall–Kier alpha value is -2.76. The summed E-state index contributed by atoms with van der Waals surface area (Å²) in [7, 11) is 1.33. The van der Waals surface area contributed by atoms with Crippen LogP contribution in [0, 0.1) is 13.8 Å². The summed E-state index contributed by atoms with van der Waals surface area (Å²) < 4.78 is 10.4. The predicted molar refractivity (Wildman–Crippen MR) is 101 cm³/mol. The number of aromatic amines is 1. The number of hydrogen-bond acceptors (Lipinski definition) is 4. The molecule has 2 rings (SSSR count). The lowest BCUT2D eigenvalue weighted by molar-refractivity contribution is 0.0599. The van der Waals surface area contributed by atoms with Gasteiger partial charge in [0.25, 0.3) is 5.91 Å². The Kier molecular flexibility index (Phi) is 6.44. The minimum Gasteiger partial charge on any atom is -0.494 e. The minimum absolute atomic E-state index is 0.294. The van der Waals surface area contributed by atoms with Gasteiger partial charge in [0, 0.05) is 11.4 Å². The standard InChI is InChI=1S/C20H26N2O4/c1-6-10-26-14-8-9-16(12(3)11-14)22-19(23)18-13(4)17(20(24)25-5)15(7-2)21-18/h8-9,11,21H,6-7,10H2,1-5H3,(H,22,23). The Morgan fingerprint density at radius 1 is 1.19 bits per heavy atom. The fraction of sp³-hybridized carbons (Fsp3) is 0.400. The van der Waals surface area contributed by atoms with Crippen LogP contribution < -0.4 is 10.1 Å². The van der Waals surface area contributed by atoms with Gasteiger partial charge < -0.3 is 19.8 Å². The molecule has 6 nitrogen and oxygen atoms in total. The number of aryl methyl sites for hydroxylation is 2. The highest BCUT2D eigenvalue weighted by molar-refractivity contribution is 6.07. The van der Waals surface area contributed by atoms with Gasteiger partial charge in [0.15, 0.2) is 0 Å². The van der Waals surface area contributed by atoms with Crippen LogP contribution in [0.3, 0.4) is 0 Å². The third kappa shape index (κ3) is 4.07. The van der Waals surface area contributed by atoms with Crippen LogP contribution in [0.25, 0.3) is 0 Å². The second kappa shape index (κ2) is 8.56. The van der Waals surface area contributed by atoms with Gasteiger partial charge in [-0.1, -0.05) is 13.8 Å². The van der Waals surface area contributed by atoms with Crippen molar-refractivity contribution in [2.45, 2.75) is 40.5 Å². The van der Waals surface area contributed by atoms with E-state index in [1.165, 1.54) is 7.11 Å². The lowest BCUT2D eigenvalue weighted by atomic mass is 10.1. The molecule has 1 aromatic heterocycles. The van der Waals surface area contributed by atoms with Gasteiger partial charge in [0.05, 0.1) is 19.3 Å². The average molecular weight is 358 g/mol. The molecule has 0 fully saturated rings. The number of ether oxygens (including phenoxy) is 2. The van der Waals surface area contributed by atoms with Crippen LogP contribution in [-0.2, 0) is 11.2 Å². The summed E-state index contributed by atoms with van der Waals surface area (Å²) in [6.45, 7) is 8.27. The average Bonchev–Trinajstić information content (AvgIpc) is 2.97. The van der Waals surface area contributed by atoms with E-state index in [4.69, 9.17) is 9.47 Å². The molecule has 0 spiro atoms. The summed E-state index contributed by atoms with van der Waals surface area (Å²) in [5, 5.41) is 2.89. The molecule has 0 atom stereocenters. The third-order valence-electron chi connectivity index (χ3n) is 4.22. The number of methoxy groups -OCH3 is 1. The second-order valence-electron chi connectivity index (χ2n) is 6.10. The van der Waals surface area contributed by atoms with Gasteiger partial charge in [-0.05, 0) is 56.0 Å². The van der Waals surface area contributed by atoms with Crippen molar-refractivity contribution in [3.05, 3.63) is 46.3 Å². The normalized spacial score (nSPS) is 10.5. The van der Waals surface area contributed by atoms with E-state index in [2.05, 4.69) is 10.3 Å². The molecule has 0 bridgehead atoms. The number of H-pyrrole nitrogens is 1. The molecule has 26 heavy (non-hydrogen) atoms. The van der Waals surface area contributed by atoms with E-state index in [0.717, 1.165) is 17.7 Å². The van der Waals surface area contributed by atoms with E-state index in [1.807, 2.05) is 39.0 Å². The quantitative estimate of drug-likeness (QED) is 0.733. The maximum absolute atomic E-state index is 12.7. The molecule has 2 aromatic rings. The fourth-order valence-corrected chi connectivity index (χ4v) is 2.80. The molecule has 0 aliphatic rings. The smallest absolute Gasteiger partial charge is 0.339 e. The number of esters is 1. The monoisotopic (exact) mass is 358 g/mol. The molecule has 0 unspecified atom stereocenters. The van der Waals surface area contributed by atoms with Crippen LogP contribution in [0.2, 0.25) is 0 Å². The van der Waals surface area contributed by atoms with Crippen molar-refractivity contribution in [2.24, 2.45) is 0 Å². The molecule has 1 aromatic carbocycles. The highest BCUT2D eigenvalue weighted by atomic mass is 16.5. The van der Waals surface area contributed by atoms with Gasteiger partial charge in [-0.15, -0.1) is 0 Å². The number of hydrogen-bond donors (Lipinski definition) is 2. The first kappa shape index (κ1) is 19.6. The van der Waals surface area contributed by atoms with Crippen LogP contribution >= 0.6 is 0 Å². The number of rotatable bonds is 7. The number of carbonyl (C=O) groups excluding carboxylic acids is 2. The van der Waals surface area contributed by atoms with Crippen molar-refractivity contribution in [1.82, 2.24) is 4.98 Å². The minimum atomic E-state index is -0.441.